The van der Waals surface area contributed by atoms with E-state index < -0.39 is 13.8 Å². The molecule has 0 aliphatic heterocycles. The van der Waals surface area contributed by atoms with E-state index in [1.165, 1.54) is 16.7 Å². The van der Waals surface area contributed by atoms with Crippen LogP contribution in [0.5, 0.6) is 0 Å². The fourth-order valence-electron chi connectivity index (χ4n) is 2.38. The summed E-state index contributed by atoms with van der Waals surface area (Å²) in [7, 11) is -10.7. The van der Waals surface area contributed by atoms with Gasteiger partial charge in [0.2, 0.25) is 0 Å². The summed E-state index contributed by atoms with van der Waals surface area (Å²) >= 11 is 0. The van der Waals surface area contributed by atoms with Crippen LogP contribution in [0.25, 0.3) is 0 Å². The monoisotopic (exact) mass is 415 g/mol. The molecule has 0 aliphatic rings. The first-order valence-electron chi connectivity index (χ1n) is 7.77. The van der Waals surface area contributed by atoms with Crippen molar-refractivity contribution in [3.8, 4) is 0 Å². The minimum atomic E-state index is -10.7. The van der Waals surface area contributed by atoms with Gasteiger partial charge in [-0.05, 0) is 26.0 Å². The van der Waals surface area contributed by atoms with Gasteiger partial charge in [-0.3, -0.25) is 0 Å². The molecule has 3 N–H and O–H groups in total. The second kappa shape index (κ2) is 7.48. The van der Waals surface area contributed by atoms with Crippen LogP contribution in [-0.4, -0.2) is 11.1 Å². The average Bonchev–Trinajstić information content (AvgIpc) is 2.43. The van der Waals surface area contributed by atoms with Gasteiger partial charge in [0.1, 0.15) is 13.1 Å². The number of hydrogen-bond acceptors (Lipinski definition) is 1. The summed E-state index contributed by atoms with van der Waals surface area (Å²) in [6, 6.07) is 13.6. The number of benzene rings is 2. The Morgan fingerprint density at radius 2 is 1.26 bits per heavy atom. The summed E-state index contributed by atoms with van der Waals surface area (Å²) in [5.41, 5.74) is 5.38. The van der Waals surface area contributed by atoms with E-state index in [2.05, 4.69) is 37.4 Å². The normalized spacial score (nSPS) is 13.8. The number of carboxylic acid groups (broad SMARTS) is 1. The van der Waals surface area contributed by atoms with Crippen LogP contribution in [0.1, 0.15) is 32.6 Å². The number of nitrogens with two attached hydrogens (primary N) is 1. The molecule has 27 heavy (non-hydrogen) atoms. The first-order valence-corrected chi connectivity index (χ1v) is 9.80. The van der Waals surface area contributed by atoms with Gasteiger partial charge in [0, 0.05) is 11.1 Å². The van der Waals surface area contributed by atoms with Crippen LogP contribution in [0.15, 0.2) is 42.5 Å². The van der Waals surface area contributed by atoms with Crippen LogP contribution in [0.2, 0.25) is 0 Å². The molecule has 0 unspecified atom stereocenters. The van der Waals surface area contributed by atoms with Crippen LogP contribution in [0.4, 0.5) is 25.2 Å². The molecule has 0 saturated carbocycles. The van der Waals surface area contributed by atoms with Crippen molar-refractivity contribution in [2.45, 2.75) is 26.9 Å². The van der Waals surface area contributed by atoms with Crippen molar-refractivity contribution in [2.75, 3.05) is 0 Å². The Kier molecular flexibility index (Phi) is 6.35. The van der Waals surface area contributed by atoms with Gasteiger partial charge in [0.15, 0.2) is 0 Å². The number of carbonyl (C=O) groups is 1. The quantitative estimate of drug-likeness (QED) is 0.490. The molecule has 0 atom stereocenters. The predicted molar refractivity (Wildman–Crippen MR) is 92.2 cm³/mol. The summed E-state index contributed by atoms with van der Waals surface area (Å²) in [4.78, 5) is 10.8. The summed E-state index contributed by atoms with van der Waals surface area (Å²) in [6.45, 7) is 6.01. The summed E-state index contributed by atoms with van der Waals surface area (Å²) in [5.74, 6) is -0.879. The molecular formula is C17H20F6NO2P. The molecule has 0 amide bonds. The Balaban J connectivity index is 0.000000445. The van der Waals surface area contributed by atoms with Crippen molar-refractivity contribution >= 4 is 13.8 Å². The third-order valence-corrected chi connectivity index (χ3v) is 3.24. The number of aryl methyl sites for hydroxylation is 2. The number of halogens is 6. The molecule has 0 aliphatic carbocycles. The maximum absolute atomic E-state index is 10.8. The second-order valence-electron chi connectivity index (χ2n) is 6.15. The van der Waals surface area contributed by atoms with Crippen LogP contribution in [0.3, 0.4) is 0 Å². The van der Waals surface area contributed by atoms with E-state index in [4.69, 9.17) is 5.11 Å². The molecule has 0 fully saturated rings. The molecule has 0 radical (unpaired) electrons. The number of carboxylic acids is 1. The van der Waals surface area contributed by atoms with Crippen molar-refractivity contribution in [1.82, 2.24) is 0 Å². The second-order valence-corrected chi connectivity index (χ2v) is 8.07. The molecule has 3 nitrogen and oxygen atoms in total. The van der Waals surface area contributed by atoms with E-state index in [-0.39, 0.29) is 0 Å². The summed E-state index contributed by atoms with van der Waals surface area (Å²) in [6.07, 6.45) is 0. The average molecular weight is 415 g/mol. The van der Waals surface area contributed by atoms with Crippen molar-refractivity contribution in [3.63, 3.8) is 0 Å². The Hall–Kier alpha value is -2.12. The van der Waals surface area contributed by atoms with Gasteiger partial charge in [-0.2, -0.15) is 0 Å². The van der Waals surface area contributed by atoms with Crippen LogP contribution in [-0.2, 0) is 13.1 Å². The van der Waals surface area contributed by atoms with Gasteiger partial charge in [-0.25, -0.2) is 4.79 Å². The van der Waals surface area contributed by atoms with E-state index in [0.29, 0.717) is 5.56 Å². The van der Waals surface area contributed by atoms with Crippen molar-refractivity contribution in [2.24, 2.45) is 0 Å². The zero-order valence-corrected chi connectivity index (χ0v) is 15.5. The third-order valence-electron chi connectivity index (χ3n) is 3.24. The summed E-state index contributed by atoms with van der Waals surface area (Å²) < 4.78 is 59.2. The van der Waals surface area contributed by atoms with Gasteiger partial charge in [-0.15, -0.1) is 0 Å². The standard InChI is InChI=1S/C17H19NO2.F6P/c1-12-7-13(2)9-15(8-12)11-18-10-14-3-5-16(6-4-14)17(19)20;1-7(2,3,4,5)6/h3-9,18H,10-11H2,1-2H3,(H,19,20);/q;-1/p+1. The Morgan fingerprint density at radius 3 is 1.67 bits per heavy atom. The maximum atomic E-state index is 10.8. The first kappa shape index (κ1) is 22.9. The fraction of sp³-hybridized carbons (Fsp3) is 0.235. The predicted octanol–water partition coefficient (Wildman–Crippen LogP) is 5.65. The SMILES string of the molecule is Cc1cc(C)cc(C[NH2+]Cc2ccc(C(=O)O)cc2)c1.F[P-](F)(F)(F)(F)F. The van der Waals surface area contributed by atoms with Gasteiger partial charge >= 0.3 is 39.0 Å². The number of hydrogen-bond donors (Lipinski definition) is 2. The zero-order valence-electron chi connectivity index (χ0n) is 14.6. The molecule has 2 aromatic rings. The molecule has 0 heterocycles. The zero-order chi connectivity index (χ0) is 20.9. The van der Waals surface area contributed by atoms with Gasteiger partial charge < -0.3 is 10.4 Å². The third kappa shape index (κ3) is 12.8. The van der Waals surface area contributed by atoms with Crippen LogP contribution < -0.4 is 5.32 Å². The Bertz CT molecular complexity index is 773. The van der Waals surface area contributed by atoms with Gasteiger partial charge in [-0.1, -0.05) is 41.5 Å². The fourth-order valence-corrected chi connectivity index (χ4v) is 2.38. The summed E-state index contributed by atoms with van der Waals surface area (Å²) in [5, 5.41) is 11.1. The van der Waals surface area contributed by atoms with E-state index >= 15 is 0 Å². The van der Waals surface area contributed by atoms with Crippen molar-refractivity contribution < 1.29 is 40.4 Å². The first-order chi connectivity index (χ1) is 12.0. The number of aromatic carboxylic acids is 1. The Labute approximate surface area is 152 Å². The molecule has 10 heteroatoms. The Morgan fingerprint density at radius 1 is 0.852 bits per heavy atom. The van der Waals surface area contributed by atoms with Gasteiger partial charge in [0.25, 0.3) is 0 Å². The van der Waals surface area contributed by atoms with E-state index in [1.54, 1.807) is 12.1 Å². The minimum absolute atomic E-state index is 0.336. The number of quaternary nitrogens is 1. The molecule has 2 rings (SSSR count). The van der Waals surface area contributed by atoms with Crippen LogP contribution >= 0.6 is 7.81 Å². The molecule has 152 valence electrons. The van der Waals surface area contributed by atoms with Crippen LogP contribution in [0, 0.1) is 13.8 Å². The molecule has 0 spiro atoms. The molecule has 0 bridgehead atoms. The van der Waals surface area contributed by atoms with E-state index in [0.717, 1.165) is 18.7 Å². The van der Waals surface area contributed by atoms with Gasteiger partial charge in [0.05, 0.1) is 5.56 Å². The topological polar surface area (TPSA) is 53.9 Å². The van der Waals surface area contributed by atoms with E-state index in [9.17, 15) is 30.0 Å². The number of rotatable bonds is 5. The molecular weight excluding hydrogens is 395 g/mol. The van der Waals surface area contributed by atoms with Crippen molar-refractivity contribution in [1.29, 1.82) is 0 Å². The molecule has 0 aromatic heterocycles. The van der Waals surface area contributed by atoms with E-state index in [1.807, 2.05) is 12.1 Å². The molecule has 2 aromatic carbocycles. The molecule has 0 saturated heterocycles. The van der Waals surface area contributed by atoms with Crippen molar-refractivity contribution in [3.05, 3.63) is 70.3 Å².